The quantitative estimate of drug-likeness (QED) is 0.635. The van der Waals surface area contributed by atoms with Crippen molar-refractivity contribution in [2.75, 3.05) is 13.1 Å². The number of hydrogen-bond acceptors (Lipinski definition) is 5. The highest BCUT2D eigenvalue weighted by Gasteiger charge is 2.20. The Morgan fingerprint density at radius 1 is 0.964 bits per heavy atom. The van der Waals surface area contributed by atoms with Gasteiger partial charge in [-0.15, -0.1) is 0 Å². The first-order valence-corrected chi connectivity index (χ1v) is 12.0. The molecule has 8 nitrogen and oxygen atoms in total. The van der Waals surface area contributed by atoms with Gasteiger partial charge in [-0.2, -0.15) is 5.10 Å². The van der Waals surface area contributed by atoms with Crippen LogP contribution in [0.5, 0.6) is 0 Å². The summed E-state index contributed by atoms with van der Waals surface area (Å²) < 4.78 is 56.4. The van der Waals surface area contributed by atoms with Gasteiger partial charge < -0.3 is 0 Å². The van der Waals surface area contributed by atoms with Crippen molar-refractivity contribution < 1.29 is 16.8 Å². The highest BCUT2D eigenvalue weighted by Crippen LogP contribution is 2.20. The Bertz CT molecular complexity index is 1030. The lowest BCUT2D eigenvalue weighted by Gasteiger charge is -2.12. The Balaban J connectivity index is 2.34. The van der Waals surface area contributed by atoms with Gasteiger partial charge in [0.1, 0.15) is 4.90 Å². The molecule has 0 aliphatic rings. The van der Waals surface area contributed by atoms with E-state index in [2.05, 4.69) is 14.5 Å². The molecule has 0 aliphatic carbocycles. The van der Waals surface area contributed by atoms with E-state index < -0.39 is 20.0 Å². The third kappa shape index (κ3) is 5.63. The minimum atomic E-state index is -3.68. The largest absolute Gasteiger partial charge is 0.243 e. The van der Waals surface area contributed by atoms with Gasteiger partial charge in [-0.05, 0) is 36.5 Å². The second-order valence-corrected chi connectivity index (χ2v) is 11.1. The van der Waals surface area contributed by atoms with Crippen LogP contribution in [-0.4, -0.2) is 39.7 Å². The minimum Gasteiger partial charge on any atom is -0.240 e. The fourth-order valence-corrected chi connectivity index (χ4v) is 4.94. The number of rotatable bonds is 9. The van der Waals surface area contributed by atoms with Gasteiger partial charge in [0.25, 0.3) is 0 Å². The van der Waals surface area contributed by atoms with E-state index in [9.17, 15) is 16.8 Å². The molecule has 156 valence electrons. The molecule has 2 aromatic rings. The van der Waals surface area contributed by atoms with E-state index in [0.717, 1.165) is 0 Å². The van der Waals surface area contributed by atoms with Crippen molar-refractivity contribution in [3.8, 4) is 5.69 Å². The average Bonchev–Trinajstić information content (AvgIpc) is 3.10. The second kappa shape index (κ2) is 8.73. The molecule has 0 spiro atoms. The number of sulfonamides is 2. The van der Waals surface area contributed by atoms with Gasteiger partial charge in [0.05, 0.1) is 23.0 Å². The topological polar surface area (TPSA) is 110 Å². The van der Waals surface area contributed by atoms with E-state index in [1.807, 2.05) is 27.7 Å². The summed E-state index contributed by atoms with van der Waals surface area (Å²) in [5.74, 6) is 0.350. The van der Waals surface area contributed by atoms with Crippen molar-refractivity contribution in [1.29, 1.82) is 0 Å². The minimum absolute atomic E-state index is 0.0241. The lowest BCUT2D eigenvalue weighted by atomic mass is 10.2. The second-order valence-electron chi connectivity index (χ2n) is 7.56. The van der Waals surface area contributed by atoms with Gasteiger partial charge in [0.15, 0.2) is 0 Å². The normalized spacial score (nSPS) is 12.8. The van der Waals surface area contributed by atoms with Crippen molar-refractivity contribution in [2.45, 2.75) is 44.4 Å². The van der Waals surface area contributed by atoms with E-state index in [1.54, 1.807) is 19.1 Å². The maximum atomic E-state index is 12.6. The first-order valence-electron chi connectivity index (χ1n) is 9.07. The standard InChI is InChI=1S/C18H28N4O4S2/c1-13(2)9-20-27(23,24)17-11-19-22(12-17)16-7-6-15(5)18(8-16)28(25,26)21-10-14(3)4/h6-8,11-14,20-21H,9-10H2,1-5H3. The van der Waals surface area contributed by atoms with Crippen LogP contribution in [0.1, 0.15) is 33.3 Å². The van der Waals surface area contributed by atoms with Gasteiger partial charge >= 0.3 is 0 Å². The predicted molar refractivity (Wildman–Crippen MR) is 108 cm³/mol. The van der Waals surface area contributed by atoms with Gasteiger partial charge in [-0.25, -0.2) is 31.0 Å². The van der Waals surface area contributed by atoms with Crippen LogP contribution in [0.4, 0.5) is 0 Å². The van der Waals surface area contributed by atoms with Gasteiger partial charge in [-0.1, -0.05) is 33.8 Å². The molecule has 0 fully saturated rings. The molecule has 0 bridgehead atoms. The summed E-state index contributed by atoms with van der Waals surface area (Å²) >= 11 is 0. The zero-order valence-electron chi connectivity index (χ0n) is 16.8. The van der Waals surface area contributed by atoms with Crippen LogP contribution < -0.4 is 9.44 Å². The first-order chi connectivity index (χ1) is 12.9. The van der Waals surface area contributed by atoms with Crippen LogP contribution in [0.3, 0.4) is 0 Å². The van der Waals surface area contributed by atoms with Crippen LogP contribution in [-0.2, 0) is 20.0 Å². The van der Waals surface area contributed by atoms with Crippen LogP contribution in [0.15, 0.2) is 40.4 Å². The molecule has 0 aliphatic heterocycles. The first kappa shape index (κ1) is 22.5. The number of nitrogens with zero attached hydrogens (tertiary/aromatic N) is 2. The third-order valence-electron chi connectivity index (χ3n) is 3.96. The lowest BCUT2D eigenvalue weighted by Crippen LogP contribution is -2.28. The smallest absolute Gasteiger partial charge is 0.240 e. The van der Waals surface area contributed by atoms with Gasteiger partial charge in [-0.3, -0.25) is 0 Å². The molecule has 1 aromatic carbocycles. The van der Waals surface area contributed by atoms with E-state index in [-0.39, 0.29) is 21.6 Å². The molecule has 1 heterocycles. The van der Waals surface area contributed by atoms with Crippen molar-refractivity contribution in [3.05, 3.63) is 36.2 Å². The zero-order valence-corrected chi connectivity index (χ0v) is 18.4. The number of benzene rings is 1. The molecule has 0 radical (unpaired) electrons. The molecule has 0 saturated heterocycles. The summed E-state index contributed by atoms with van der Waals surface area (Å²) in [5, 5.41) is 4.09. The lowest BCUT2D eigenvalue weighted by molar-refractivity contribution is 0.558. The molecule has 0 atom stereocenters. The van der Waals surface area contributed by atoms with Gasteiger partial charge in [0, 0.05) is 13.1 Å². The average molecular weight is 429 g/mol. The molecule has 0 saturated carbocycles. The molecule has 0 amide bonds. The monoisotopic (exact) mass is 428 g/mol. The number of aromatic nitrogens is 2. The fourth-order valence-electron chi connectivity index (χ4n) is 2.32. The molecule has 0 unspecified atom stereocenters. The number of nitrogens with one attached hydrogen (secondary N) is 2. The van der Waals surface area contributed by atoms with Crippen LogP contribution in [0, 0.1) is 18.8 Å². The fraction of sp³-hybridized carbons (Fsp3) is 0.500. The number of aryl methyl sites for hydroxylation is 1. The summed E-state index contributed by atoms with van der Waals surface area (Å²) in [6, 6.07) is 4.86. The Morgan fingerprint density at radius 3 is 2.11 bits per heavy atom. The maximum absolute atomic E-state index is 12.6. The molecule has 2 N–H and O–H groups in total. The summed E-state index contributed by atoms with van der Waals surface area (Å²) in [6.07, 6.45) is 2.61. The summed E-state index contributed by atoms with van der Waals surface area (Å²) in [5.41, 5.74) is 1.06. The van der Waals surface area contributed by atoms with Crippen molar-refractivity contribution >= 4 is 20.0 Å². The van der Waals surface area contributed by atoms with E-state index in [4.69, 9.17) is 0 Å². The molecular formula is C18H28N4O4S2. The highest BCUT2D eigenvalue weighted by molar-refractivity contribution is 7.89. The molecule has 10 heteroatoms. The molecular weight excluding hydrogens is 400 g/mol. The van der Waals surface area contributed by atoms with Gasteiger partial charge in [0.2, 0.25) is 20.0 Å². The van der Waals surface area contributed by atoms with E-state index in [1.165, 1.54) is 23.1 Å². The Hall–Kier alpha value is -1.75. The maximum Gasteiger partial charge on any atom is 0.243 e. The van der Waals surface area contributed by atoms with Crippen LogP contribution in [0.2, 0.25) is 0 Å². The Labute approximate surface area is 167 Å². The molecule has 1 aromatic heterocycles. The highest BCUT2D eigenvalue weighted by atomic mass is 32.2. The Kier molecular flexibility index (Phi) is 7.02. The third-order valence-corrected chi connectivity index (χ3v) is 6.90. The molecule has 2 rings (SSSR count). The molecule has 28 heavy (non-hydrogen) atoms. The van der Waals surface area contributed by atoms with Crippen LogP contribution >= 0.6 is 0 Å². The van der Waals surface area contributed by atoms with Crippen LogP contribution in [0.25, 0.3) is 5.69 Å². The van der Waals surface area contributed by atoms with Crippen molar-refractivity contribution in [1.82, 2.24) is 19.2 Å². The number of hydrogen-bond donors (Lipinski definition) is 2. The van der Waals surface area contributed by atoms with Crippen molar-refractivity contribution in [3.63, 3.8) is 0 Å². The van der Waals surface area contributed by atoms with Crippen molar-refractivity contribution in [2.24, 2.45) is 11.8 Å². The zero-order chi connectivity index (χ0) is 21.1. The summed E-state index contributed by atoms with van der Waals surface area (Å²) in [4.78, 5) is 0.166. The summed E-state index contributed by atoms with van der Waals surface area (Å²) in [7, 11) is -7.35. The summed E-state index contributed by atoms with van der Waals surface area (Å²) in [6.45, 7) is 10.0. The predicted octanol–water partition coefficient (Wildman–Crippen LogP) is 2.05. The SMILES string of the molecule is Cc1ccc(-n2cc(S(=O)(=O)NCC(C)C)cn2)cc1S(=O)(=O)NCC(C)C. The Morgan fingerprint density at radius 2 is 1.54 bits per heavy atom. The van der Waals surface area contributed by atoms with E-state index >= 15 is 0 Å². The van der Waals surface area contributed by atoms with E-state index in [0.29, 0.717) is 24.3 Å².